The highest BCUT2D eigenvalue weighted by Gasteiger charge is 2.14. The summed E-state index contributed by atoms with van der Waals surface area (Å²) in [6.45, 7) is 5.33. The first kappa shape index (κ1) is 18.9. The van der Waals surface area contributed by atoms with Gasteiger partial charge in [-0.05, 0) is 55.1 Å². The molecule has 1 atom stereocenters. The highest BCUT2D eigenvalue weighted by molar-refractivity contribution is 5.78. The Balaban J connectivity index is 1.83. The quantitative estimate of drug-likeness (QED) is 0.686. The smallest absolute Gasteiger partial charge is 0.252 e. The third-order valence-electron chi connectivity index (χ3n) is 4.76. The Kier molecular flexibility index (Phi) is 6.05. The molecule has 27 heavy (non-hydrogen) atoms. The molecular weight excluding hydrogens is 339 g/mol. The number of nitrogens with one attached hydrogen (secondary N) is 1. The summed E-state index contributed by atoms with van der Waals surface area (Å²) in [6, 6.07) is 16.4. The van der Waals surface area contributed by atoms with Crippen LogP contribution >= 0.6 is 0 Å². The Morgan fingerprint density at radius 1 is 1.15 bits per heavy atom. The molecular formula is C23H23FN2O. The molecule has 3 aromatic rings. The summed E-state index contributed by atoms with van der Waals surface area (Å²) in [4.78, 5) is 17.4. The van der Waals surface area contributed by atoms with E-state index in [1.165, 1.54) is 12.1 Å². The Labute approximate surface area is 158 Å². The van der Waals surface area contributed by atoms with Crippen LogP contribution in [0.3, 0.4) is 0 Å². The van der Waals surface area contributed by atoms with Crippen molar-refractivity contribution < 1.29 is 4.39 Å². The molecule has 0 saturated carbocycles. The monoisotopic (exact) mass is 362 g/mol. The second-order valence-electron chi connectivity index (χ2n) is 6.69. The predicted molar refractivity (Wildman–Crippen MR) is 108 cm³/mol. The van der Waals surface area contributed by atoms with Gasteiger partial charge in [-0.15, -0.1) is 0 Å². The van der Waals surface area contributed by atoms with Crippen LogP contribution in [0.15, 0.2) is 59.4 Å². The van der Waals surface area contributed by atoms with Gasteiger partial charge in [0.05, 0.1) is 12.1 Å². The number of benzene rings is 2. The number of H-pyrrole nitrogens is 1. The van der Waals surface area contributed by atoms with Crippen LogP contribution in [0.4, 0.5) is 4.39 Å². The van der Waals surface area contributed by atoms with Crippen molar-refractivity contribution in [2.75, 3.05) is 6.54 Å². The SMILES string of the molecule is CC[C@H](C)N(CC#Cc1ccccc1)Cc1cc2ccc(F)cc2[nH]c1=O. The first-order chi connectivity index (χ1) is 13.1. The summed E-state index contributed by atoms with van der Waals surface area (Å²) in [5, 5.41) is 0.825. The minimum absolute atomic E-state index is 0.183. The minimum Gasteiger partial charge on any atom is -0.322 e. The summed E-state index contributed by atoms with van der Waals surface area (Å²) in [5.74, 6) is 6.03. The molecule has 0 fully saturated rings. The number of hydrogen-bond acceptors (Lipinski definition) is 2. The largest absolute Gasteiger partial charge is 0.322 e. The van der Waals surface area contributed by atoms with Gasteiger partial charge in [0.25, 0.3) is 5.56 Å². The zero-order valence-corrected chi connectivity index (χ0v) is 15.6. The van der Waals surface area contributed by atoms with E-state index in [4.69, 9.17) is 0 Å². The summed E-state index contributed by atoms with van der Waals surface area (Å²) in [7, 11) is 0. The number of nitrogens with zero attached hydrogens (tertiary/aromatic N) is 1. The third kappa shape index (κ3) is 4.84. The van der Waals surface area contributed by atoms with E-state index >= 15 is 0 Å². The van der Waals surface area contributed by atoms with Crippen LogP contribution in [0.1, 0.15) is 31.4 Å². The number of aromatic amines is 1. The van der Waals surface area contributed by atoms with E-state index in [-0.39, 0.29) is 11.4 Å². The average molecular weight is 362 g/mol. The summed E-state index contributed by atoms with van der Waals surface area (Å²) in [6.07, 6.45) is 0.962. The molecule has 0 unspecified atom stereocenters. The lowest BCUT2D eigenvalue weighted by molar-refractivity contribution is 0.220. The van der Waals surface area contributed by atoms with Crippen LogP contribution < -0.4 is 5.56 Å². The summed E-state index contributed by atoms with van der Waals surface area (Å²) in [5.41, 5.74) is 1.98. The number of fused-ring (bicyclic) bond motifs is 1. The number of hydrogen-bond donors (Lipinski definition) is 1. The van der Waals surface area contributed by atoms with E-state index in [0.717, 1.165) is 17.4 Å². The molecule has 0 radical (unpaired) electrons. The lowest BCUT2D eigenvalue weighted by atomic mass is 10.1. The van der Waals surface area contributed by atoms with E-state index < -0.39 is 0 Å². The summed E-state index contributed by atoms with van der Waals surface area (Å²) >= 11 is 0. The van der Waals surface area contributed by atoms with Crippen molar-refractivity contribution in [1.82, 2.24) is 9.88 Å². The van der Waals surface area contributed by atoms with E-state index in [0.29, 0.717) is 30.2 Å². The molecule has 1 N–H and O–H groups in total. The molecule has 4 heteroatoms. The van der Waals surface area contributed by atoms with Gasteiger partial charge in [0.2, 0.25) is 0 Å². The lowest BCUT2D eigenvalue weighted by Crippen LogP contribution is -2.34. The Bertz CT molecular complexity index is 1030. The average Bonchev–Trinajstić information content (AvgIpc) is 2.68. The van der Waals surface area contributed by atoms with Crippen LogP contribution in [-0.2, 0) is 6.54 Å². The second kappa shape index (κ2) is 8.66. The normalized spacial score (nSPS) is 12.0. The van der Waals surface area contributed by atoms with Gasteiger partial charge in [0, 0.05) is 23.7 Å². The number of pyridine rings is 1. The standard InChI is InChI=1S/C23H23FN2O/c1-3-17(2)26(13-7-10-18-8-5-4-6-9-18)16-20-14-19-11-12-21(24)15-22(19)25-23(20)27/h4-6,8-9,11-12,14-15,17H,3,13,16H2,1-2H3,(H,25,27)/t17-/m0/s1. The van der Waals surface area contributed by atoms with Crippen molar-refractivity contribution in [2.45, 2.75) is 32.9 Å². The topological polar surface area (TPSA) is 36.1 Å². The number of rotatable bonds is 5. The van der Waals surface area contributed by atoms with E-state index in [2.05, 4.69) is 35.6 Å². The molecule has 0 amide bonds. The van der Waals surface area contributed by atoms with Gasteiger partial charge in [-0.2, -0.15) is 0 Å². The molecule has 1 aromatic heterocycles. The third-order valence-corrected chi connectivity index (χ3v) is 4.76. The number of aromatic nitrogens is 1. The molecule has 138 valence electrons. The minimum atomic E-state index is -0.358. The zero-order chi connectivity index (χ0) is 19.2. The fourth-order valence-corrected chi connectivity index (χ4v) is 2.95. The lowest BCUT2D eigenvalue weighted by Gasteiger charge is -2.26. The van der Waals surface area contributed by atoms with Gasteiger partial charge in [0.15, 0.2) is 0 Å². The molecule has 0 aliphatic heterocycles. The highest BCUT2D eigenvalue weighted by atomic mass is 19.1. The molecule has 3 rings (SSSR count). The van der Waals surface area contributed by atoms with Gasteiger partial charge >= 0.3 is 0 Å². The van der Waals surface area contributed by atoms with Gasteiger partial charge in [0.1, 0.15) is 5.82 Å². The molecule has 0 spiro atoms. The highest BCUT2D eigenvalue weighted by Crippen LogP contribution is 2.15. The van der Waals surface area contributed by atoms with E-state index in [1.54, 1.807) is 6.07 Å². The van der Waals surface area contributed by atoms with Crippen LogP contribution in [0, 0.1) is 17.7 Å². The maximum Gasteiger partial charge on any atom is 0.252 e. The fraction of sp³-hybridized carbons (Fsp3) is 0.261. The van der Waals surface area contributed by atoms with Gasteiger partial charge < -0.3 is 4.98 Å². The van der Waals surface area contributed by atoms with Crippen molar-refractivity contribution in [3.05, 3.63) is 81.9 Å². The van der Waals surface area contributed by atoms with Gasteiger partial charge in [-0.25, -0.2) is 4.39 Å². The van der Waals surface area contributed by atoms with E-state index in [9.17, 15) is 9.18 Å². The van der Waals surface area contributed by atoms with Crippen molar-refractivity contribution in [1.29, 1.82) is 0 Å². The first-order valence-corrected chi connectivity index (χ1v) is 9.16. The predicted octanol–water partition coefficient (Wildman–Crippen LogP) is 4.32. The van der Waals surface area contributed by atoms with Crippen molar-refractivity contribution in [3.8, 4) is 11.8 Å². The van der Waals surface area contributed by atoms with Crippen LogP contribution in [0.5, 0.6) is 0 Å². The Hall–Kier alpha value is -2.90. The molecule has 0 aliphatic carbocycles. The van der Waals surface area contributed by atoms with Crippen molar-refractivity contribution >= 4 is 10.9 Å². The molecule has 0 bridgehead atoms. The van der Waals surface area contributed by atoms with Crippen LogP contribution in [0.2, 0.25) is 0 Å². The first-order valence-electron chi connectivity index (χ1n) is 9.16. The maximum atomic E-state index is 13.4. The molecule has 3 nitrogen and oxygen atoms in total. The van der Waals surface area contributed by atoms with Crippen molar-refractivity contribution in [3.63, 3.8) is 0 Å². The van der Waals surface area contributed by atoms with Crippen molar-refractivity contribution in [2.24, 2.45) is 0 Å². The van der Waals surface area contributed by atoms with Gasteiger partial charge in [-0.3, -0.25) is 9.69 Å². The second-order valence-corrected chi connectivity index (χ2v) is 6.69. The molecule has 1 heterocycles. The fourth-order valence-electron chi connectivity index (χ4n) is 2.95. The Morgan fingerprint density at radius 2 is 1.93 bits per heavy atom. The van der Waals surface area contributed by atoms with Crippen LogP contribution in [0.25, 0.3) is 10.9 Å². The Morgan fingerprint density at radius 3 is 2.67 bits per heavy atom. The molecule has 0 aliphatic rings. The van der Waals surface area contributed by atoms with Crippen LogP contribution in [-0.4, -0.2) is 22.5 Å². The summed E-state index contributed by atoms with van der Waals surface area (Å²) < 4.78 is 13.4. The van der Waals surface area contributed by atoms with Gasteiger partial charge in [-0.1, -0.05) is 37.0 Å². The molecule has 0 saturated heterocycles. The maximum absolute atomic E-state index is 13.4. The van der Waals surface area contributed by atoms with E-state index in [1.807, 2.05) is 36.4 Å². The molecule has 2 aromatic carbocycles. The zero-order valence-electron chi connectivity index (χ0n) is 15.6. The number of halogens is 1.